The van der Waals surface area contributed by atoms with Crippen molar-refractivity contribution < 1.29 is 9.90 Å². The highest BCUT2D eigenvalue weighted by atomic mass is 16.4. The van der Waals surface area contributed by atoms with Gasteiger partial charge in [-0.05, 0) is 38.8 Å². The van der Waals surface area contributed by atoms with E-state index in [4.69, 9.17) is 0 Å². The van der Waals surface area contributed by atoms with E-state index in [-0.39, 0.29) is 6.04 Å². The van der Waals surface area contributed by atoms with Crippen molar-refractivity contribution in [1.29, 1.82) is 0 Å². The third-order valence-electron chi connectivity index (χ3n) is 3.93. The van der Waals surface area contributed by atoms with Crippen molar-refractivity contribution in [2.45, 2.75) is 45.6 Å². The van der Waals surface area contributed by atoms with Crippen molar-refractivity contribution in [2.24, 2.45) is 5.41 Å². The van der Waals surface area contributed by atoms with Gasteiger partial charge < -0.3 is 10.4 Å². The lowest BCUT2D eigenvalue weighted by Gasteiger charge is -2.38. The molecule has 1 saturated carbocycles. The van der Waals surface area contributed by atoms with Crippen LogP contribution in [0.4, 0.5) is 5.69 Å². The Morgan fingerprint density at radius 3 is 3.00 bits per heavy atom. The number of hydrogen-bond acceptors (Lipinski definition) is 3. The number of nitrogens with zero attached hydrogens (tertiary/aromatic N) is 1. The van der Waals surface area contributed by atoms with Crippen molar-refractivity contribution in [1.82, 2.24) is 4.98 Å². The summed E-state index contributed by atoms with van der Waals surface area (Å²) in [6.45, 7) is 3.78. The highest BCUT2D eigenvalue weighted by Gasteiger charge is 2.43. The summed E-state index contributed by atoms with van der Waals surface area (Å²) in [4.78, 5) is 15.6. The van der Waals surface area contributed by atoms with E-state index in [1.54, 1.807) is 6.20 Å². The summed E-state index contributed by atoms with van der Waals surface area (Å²) >= 11 is 0. The van der Waals surface area contributed by atoms with Crippen molar-refractivity contribution in [3.05, 3.63) is 24.0 Å². The smallest absolute Gasteiger partial charge is 0.311 e. The molecule has 1 aromatic heterocycles. The summed E-state index contributed by atoms with van der Waals surface area (Å²) in [7, 11) is 0. The maximum Gasteiger partial charge on any atom is 0.311 e. The molecule has 2 atom stereocenters. The minimum Gasteiger partial charge on any atom is -0.481 e. The van der Waals surface area contributed by atoms with E-state index in [1.807, 2.05) is 26.0 Å². The van der Waals surface area contributed by atoms with Gasteiger partial charge in [-0.15, -0.1) is 0 Å². The zero-order valence-electron chi connectivity index (χ0n) is 10.9. The lowest BCUT2D eigenvalue weighted by Crippen LogP contribution is -2.46. The quantitative estimate of drug-likeness (QED) is 0.863. The number of anilines is 1. The molecule has 0 aliphatic heterocycles. The second-order valence-electron chi connectivity index (χ2n) is 5.35. The first-order valence-corrected chi connectivity index (χ1v) is 6.45. The second-order valence-corrected chi connectivity index (χ2v) is 5.35. The van der Waals surface area contributed by atoms with E-state index in [9.17, 15) is 9.90 Å². The second kappa shape index (κ2) is 4.96. The molecular weight excluding hydrogens is 228 g/mol. The third kappa shape index (κ3) is 2.47. The molecule has 2 unspecified atom stereocenters. The summed E-state index contributed by atoms with van der Waals surface area (Å²) in [5.41, 5.74) is 1.23. The fourth-order valence-corrected chi connectivity index (χ4v) is 2.66. The van der Waals surface area contributed by atoms with E-state index >= 15 is 0 Å². The Labute approximate surface area is 107 Å². The van der Waals surface area contributed by atoms with Crippen LogP contribution in [-0.2, 0) is 4.79 Å². The SMILES string of the molecule is Cc1cc(NC2CCCCC2(C)C(=O)O)ccn1. The minimum atomic E-state index is -0.703. The Hall–Kier alpha value is -1.58. The van der Waals surface area contributed by atoms with Crippen LogP contribution in [0.1, 0.15) is 38.3 Å². The van der Waals surface area contributed by atoms with Gasteiger partial charge in [0.25, 0.3) is 0 Å². The number of pyridine rings is 1. The lowest BCUT2D eigenvalue weighted by molar-refractivity contribution is -0.150. The fraction of sp³-hybridized carbons (Fsp3) is 0.571. The predicted octanol–water partition coefficient (Wildman–Crippen LogP) is 2.84. The van der Waals surface area contributed by atoms with E-state index in [0.717, 1.165) is 37.1 Å². The first-order valence-electron chi connectivity index (χ1n) is 6.45. The average Bonchev–Trinajstić information content (AvgIpc) is 2.32. The number of aromatic nitrogens is 1. The predicted molar refractivity (Wildman–Crippen MR) is 70.6 cm³/mol. The van der Waals surface area contributed by atoms with Gasteiger partial charge in [0.2, 0.25) is 0 Å². The van der Waals surface area contributed by atoms with Crippen LogP contribution in [0.2, 0.25) is 0 Å². The van der Waals surface area contributed by atoms with Gasteiger partial charge in [0.1, 0.15) is 0 Å². The van der Waals surface area contributed by atoms with Crippen LogP contribution >= 0.6 is 0 Å². The number of aryl methyl sites for hydroxylation is 1. The molecule has 1 fully saturated rings. The van der Waals surface area contributed by atoms with Crippen LogP contribution < -0.4 is 5.32 Å². The van der Waals surface area contributed by atoms with Gasteiger partial charge in [-0.25, -0.2) is 0 Å². The van der Waals surface area contributed by atoms with E-state index in [0.29, 0.717) is 0 Å². The number of nitrogens with one attached hydrogen (secondary N) is 1. The molecule has 4 nitrogen and oxygen atoms in total. The summed E-state index contributed by atoms with van der Waals surface area (Å²) in [5.74, 6) is -0.703. The van der Waals surface area contributed by atoms with Crippen molar-refractivity contribution >= 4 is 11.7 Å². The molecule has 2 N–H and O–H groups in total. The molecule has 98 valence electrons. The normalized spacial score (nSPS) is 27.8. The van der Waals surface area contributed by atoms with Gasteiger partial charge in [-0.2, -0.15) is 0 Å². The van der Waals surface area contributed by atoms with Crippen LogP contribution in [0.3, 0.4) is 0 Å². The molecule has 4 heteroatoms. The van der Waals surface area contributed by atoms with E-state index in [1.165, 1.54) is 0 Å². The van der Waals surface area contributed by atoms with Gasteiger partial charge in [-0.3, -0.25) is 9.78 Å². The van der Waals surface area contributed by atoms with Gasteiger partial charge in [0, 0.05) is 23.6 Å². The van der Waals surface area contributed by atoms with Crippen molar-refractivity contribution in [3.8, 4) is 0 Å². The van der Waals surface area contributed by atoms with Crippen LogP contribution in [0.25, 0.3) is 0 Å². The van der Waals surface area contributed by atoms with Crippen LogP contribution in [0.15, 0.2) is 18.3 Å². The molecule has 1 aliphatic carbocycles. The standard InChI is InChI=1S/C14H20N2O2/c1-10-9-11(6-8-15-10)16-12-5-3-4-7-14(12,2)13(17)18/h6,8-9,12H,3-5,7H2,1-2H3,(H,15,16)(H,17,18). The molecule has 0 bridgehead atoms. The molecular formula is C14H20N2O2. The van der Waals surface area contributed by atoms with Crippen molar-refractivity contribution in [3.63, 3.8) is 0 Å². The first kappa shape index (κ1) is 12.9. The maximum absolute atomic E-state index is 11.5. The Balaban J connectivity index is 2.18. The third-order valence-corrected chi connectivity index (χ3v) is 3.93. The number of hydrogen-bond donors (Lipinski definition) is 2. The van der Waals surface area contributed by atoms with Crippen LogP contribution in [0.5, 0.6) is 0 Å². The molecule has 18 heavy (non-hydrogen) atoms. The number of rotatable bonds is 3. The zero-order valence-corrected chi connectivity index (χ0v) is 10.9. The summed E-state index contributed by atoms with van der Waals surface area (Å²) in [6, 6.07) is 3.84. The van der Waals surface area contributed by atoms with Crippen LogP contribution in [0, 0.1) is 12.3 Å². The summed E-state index contributed by atoms with van der Waals surface area (Å²) in [6.07, 6.45) is 5.48. The molecule has 0 saturated heterocycles. The highest BCUT2D eigenvalue weighted by molar-refractivity contribution is 5.76. The van der Waals surface area contributed by atoms with Gasteiger partial charge in [-0.1, -0.05) is 12.8 Å². The van der Waals surface area contributed by atoms with Gasteiger partial charge in [0.05, 0.1) is 5.41 Å². The largest absolute Gasteiger partial charge is 0.481 e. The molecule has 0 aromatic carbocycles. The minimum absolute atomic E-state index is 0.00875. The average molecular weight is 248 g/mol. The fourth-order valence-electron chi connectivity index (χ4n) is 2.66. The molecule has 0 amide bonds. The monoisotopic (exact) mass is 248 g/mol. The highest BCUT2D eigenvalue weighted by Crippen LogP contribution is 2.38. The Kier molecular flexibility index (Phi) is 3.55. The molecule has 0 radical (unpaired) electrons. The molecule has 0 spiro atoms. The Morgan fingerprint density at radius 2 is 2.33 bits per heavy atom. The number of carboxylic acid groups (broad SMARTS) is 1. The zero-order chi connectivity index (χ0) is 13.2. The first-order chi connectivity index (χ1) is 8.52. The van der Waals surface area contributed by atoms with E-state index in [2.05, 4.69) is 10.3 Å². The van der Waals surface area contributed by atoms with Gasteiger partial charge in [0.15, 0.2) is 0 Å². The van der Waals surface area contributed by atoms with E-state index < -0.39 is 11.4 Å². The number of carbonyl (C=O) groups is 1. The van der Waals surface area contributed by atoms with Gasteiger partial charge >= 0.3 is 5.97 Å². The van der Waals surface area contributed by atoms with Crippen LogP contribution in [-0.4, -0.2) is 22.1 Å². The summed E-state index contributed by atoms with van der Waals surface area (Å²) < 4.78 is 0. The number of carboxylic acids is 1. The van der Waals surface area contributed by atoms with Crippen molar-refractivity contribution in [2.75, 3.05) is 5.32 Å². The lowest BCUT2D eigenvalue weighted by atomic mass is 9.71. The maximum atomic E-state index is 11.5. The molecule has 2 rings (SSSR count). The Bertz CT molecular complexity index is 447. The number of aliphatic carboxylic acids is 1. The molecule has 1 heterocycles. The molecule has 1 aromatic rings. The Morgan fingerprint density at radius 1 is 1.56 bits per heavy atom. The molecule has 1 aliphatic rings. The summed E-state index contributed by atoms with van der Waals surface area (Å²) in [5, 5.41) is 12.8. The topological polar surface area (TPSA) is 62.2 Å².